The molecule has 2 fully saturated rings. The molecule has 1 aliphatic heterocycles. The van der Waals surface area contributed by atoms with Crippen LogP contribution in [0, 0.1) is 0 Å². The summed E-state index contributed by atoms with van der Waals surface area (Å²) in [6, 6.07) is 8.11. The summed E-state index contributed by atoms with van der Waals surface area (Å²) in [5, 5.41) is 4.67. The van der Waals surface area contributed by atoms with Crippen LogP contribution in [-0.2, 0) is 4.74 Å². The third-order valence-electron chi connectivity index (χ3n) is 4.78. The maximum absolute atomic E-state index is 5.98. The SMILES string of the molecule is Nc1ccc(-c2ncn(C3CCOC4(CCC4)C3)n2)cc1. The summed E-state index contributed by atoms with van der Waals surface area (Å²) in [4.78, 5) is 4.45. The third kappa shape index (κ3) is 2.31. The number of nitrogens with zero attached hydrogens (tertiary/aromatic N) is 3. The van der Waals surface area contributed by atoms with Gasteiger partial charge in [-0.3, -0.25) is 0 Å². The Bertz CT molecular complexity index is 630. The average Bonchev–Trinajstić information content (AvgIpc) is 2.96. The predicted molar refractivity (Wildman–Crippen MR) is 80.7 cm³/mol. The van der Waals surface area contributed by atoms with Gasteiger partial charge in [0.05, 0.1) is 11.6 Å². The Hall–Kier alpha value is -1.88. The maximum Gasteiger partial charge on any atom is 0.181 e. The fourth-order valence-corrected chi connectivity index (χ4v) is 3.36. The van der Waals surface area contributed by atoms with Gasteiger partial charge >= 0.3 is 0 Å². The van der Waals surface area contributed by atoms with Crippen LogP contribution in [0.25, 0.3) is 11.4 Å². The molecule has 1 saturated heterocycles. The smallest absolute Gasteiger partial charge is 0.181 e. The Morgan fingerprint density at radius 1 is 1.24 bits per heavy atom. The second-order valence-electron chi connectivity index (χ2n) is 6.20. The summed E-state index contributed by atoms with van der Waals surface area (Å²) < 4.78 is 8.00. The van der Waals surface area contributed by atoms with E-state index in [0.717, 1.165) is 36.5 Å². The second-order valence-corrected chi connectivity index (χ2v) is 6.20. The molecule has 1 atom stereocenters. The first-order chi connectivity index (χ1) is 10.2. The van der Waals surface area contributed by atoms with E-state index in [1.54, 1.807) is 0 Å². The number of aromatic nitrogens is 3. The summed E-state index contributed by atoms with van der Waals surface area (Å²) in [5.41, 5.74) is 7.62. The van der Waals surface area contributed by atoms with Crippen molar-refractivity contribution in [3.8, 4) is 11.4 Å². The molecule has 1 aliphatic carbocycles. The molecule has 2 N–H and O–H groups in total. The van der Waals surface area contributed by atoms with Crippen molar-refractivity contribution in [3.63, 3.8) is 0 Å². The fraction of sp³-hybridized carbons (Fsp3) is 0.500. The lowest BCUT2D eigenvalue weighted by atomic mass is 9.74. The van der Waals surface area contributed by atoms with Crippen LogP contribution in [0.2, 0.25) is 0 Å². The molecule has 2 heterocycles. The molecule has 2 aliphatic rings. The van der Waals surface area contributed by atoms with E-state index < -0.39 is 0 Å². The van der Waals surface area contributed by atoms with Crippen molar-refractivity contribution in [2.75, 3.05) is 12.3 Å². The highest BCUT2D eigenvalue weighted by Crippen LogP contribution is 2.45. The maximum atomic E-state index is 5.98. The van der Waals surface area contributed by atoms with Crippen molar-refractivity contribution in [3.05, 3.63) is 30.6 Å². The van der Waals surface area contributed by atoms with Gasteiger partial charge in [0.2, 0.25) is 0 Å². The van der Waals surface area contributed by atoms with Crippen molar-refractivity contribution in [1.82, 2.24) is 14.8 Å². The number of nitrogens with two attached hydrogens (primary N) is 1. The van der Waals surface area contributed by atoms with E-state index in [-0.39, 0.29) is 5.60 Å². The summed E-state index contributed by atoms with van der Waals surface area (Å²) in [6.07, 6.45) is 7.63. The van der Waals surface area contributed by atoms with E-state index in [0.29, 0.717) is 6.04 Å². The molecule has 1 saturated carbocycles. The van der Waals surface area contributed by atoms with Crippen molar-refractivity contribution in [2.45, 2.75) is 43.7 Å². The zero-order chi connectivity index (χ0) is 14.3. The van der Waals surface area contributed by atoms with Gasteiger partial charge in [-0.25, -0.2) is 9.67 Å². The van der Waals surface area contributed by atoms with E-state index >= 15 is 0 Å². The van der Waals surface area contributed by atoms with Crippen LogP contribution in [0.1, 0.15) is 38.1 Å². The number of ether oxygens (including phenoxy) is 1. The highest BCUT2D eigenvalue weighted by Gasteiger charge is 2.43. The average molecular weight is 284 g/mol. The molecule has 0 bridgehead atoms. The van der Waals surface area contributed by atoms with Crippen LogP contribution in [0.15, 0.2) is 30.6 Å². The number of hydrogen-bond acceptors (Lipinski definition) is 4. The first-order valence-corrected chi connectivity index (χ1v) is 7.65. The summed E-state index contributed by atoms with van der Waals surface area (Å²) >= 11 is 0. The molecule has 1 spiro atoms. The van der Waals surface area contributed by atoms with Crippen LogP contribution in [0.4, 0.5) is 5.69 Å². The normalized spacial score (nSPS) is 23.9. The van der Waals surface area contributed by atoms with Crippen LogP contribution in [0.3, 0.4) is 0 Å². The minimum atomic E-state index is 0.135. The van der Waals surface area contributed by atoms with Crippen LogP contribution in [0.5, 0.6) is 0 Å². The molecule has 1 aromatic carbocycles. The molecule has 1 aromatic heterocycles. The molecule has 4 rings (SSSR count). The highest BCUT2D eigenvalue weighted by molar-refractivity contribution is 5.57. The lowest BCUT2D eigenvalue weighted by molar-refractivity contribution is -0.141. The van der Waals surface area contributed by atoms with Gasteiger partial charge < -0.3 is 10.5 Å². The van der Waals surface area contributed by atoms with Gasteiger partial charge in [0.25, 0.3) is 0 Å². The standard InChI is InChI=1S/C16H20N4O/c17-13-4-2-12(3-5-13)15-18-11-20(19-15)14-6-9-21-16(10-14)7-1-8-16/h2-5,11,14H,1,6-10,17H2. The summed E-state index contributed by atoms with van der Waals surface area (Å²) in [5.74, 6) is 0.768. The Kier molecular flexibility index (Phi) is 2.96. The van der Waals surface area contributed by atoms with Crippen molar-refractivity contribution in [2.24, 2.45) is 0 Å². The quantitative estimate of drug-likeness (QED) is 0.861. The van der Waals surface area contributed by atoms with E-state index in [2.05, 4.69) is 10.1 Å². The molecule has 21 heavy (non-hydrogen) atoms. The Morgan fingerprint density at radius 3 is 2.76 bits per heavy atom. The Morgan fingerprint density at radius 2 is 2.05 bits per heavy atom. The minimum Gasteiger partial charge on any atom is -0.399 e. The predicted octanol–water partition coefficient (Wildman–Crippen LogP) is 2.80. The van der Waals surface area contributed by atoms with E-state index in [4.69, 9.17) is 10.5 Å². The van der Waals surface area contributed by atoms with Gasteiger partial charge in [0.1, 0.15) is 6.33 Å². The number of rotatable bonds is 2. The van der Waals surface area contributed by atoms with E-state index in [1.165, 1.54) is 19.3 Å². The molecule has 5 heteroatoms. The molecule has 1 unspecified atom stereocenters. The first kappa shape index (κ1) is 12.8. The molecule has 0 amide bonds. The number of nitrogen functional groups attached to an aromatic ring is 1. The summed E-state index contributed by atoms with van der Waals surface area (Å²) in [6.45, 7) is 0.835. The van der Waals surface area contributed by atoms with Crippen LogP contribution < -0.4 is 5.73 Å². The zero-order valence-corrected chi connectivity index (χ0v) is 12.0. The Labute approximate surface area is 124 Å². The monoisotopic (exact) mass is 284 g/mol. The molecular formula is C16H20N4O. The largest absolute Gasteiger partial charge is 0.399 e. The Balaban J connectivity index is 1.55. The van der Waals surface area contributed by atoms with Gasteiger partial charge in [0, 0.05) is 17.9 Å². The molecule has 5 nitrogen and oxygen atoms in total. The molecular weight excluding hydrogens is 264 g/mol. The van der Waals surface area contributed by atoms with Gasteiger partial charge in [0.15, 0.2) is 5.82 Å². The van der Waals surface area contributed by atoms with E-state index in [1.807, 2.05) is 35.3 Å². The number of anilines is 1. The van der Waals surface area contributed by atoms with Crippen molar-refractivity contribution in [1.29, 1.82) is 0 Å². The third-order valence-corrected chi connectivity index (χ3v) is 4.78. The fourth-order valence-electron chi connectivity index (χ4n) is 3.36. The van der Waals surface area contributed by atoms with Crippen molar-refractivity contribution >= 4 is 5.69 Å². The topological polar surface area (TPSA) is 66.0 Å². The molecule has 110 valence electrons. The molecule has 0 radical (unpaired) electrons. The molecule has 2 aromatic rings. The van der Waals surface area contributed by atoms with Gasteiger partial charge in [-0.15, -0.1) is 0 Å². The second kappa shape index (κ2) is 4.84. The first-order valence-electron chi connectivity index (χ1n) is 7.65. The van der Waals surface area contributed by atoms with Gasteiger partial charge in [-0.05, 0) is 56.4 Å². The van der Waals surface area contributed by atoms with Gasteiger partial charge in [-0.2, -0.15) is 5.10 Å². The summed E-state index contributed by atoms with van der Waals surface area (Å²) in [7, 11) is 0. The van der Waals surface area contributed by atoms with Crippen LogP contribution in [-0.4, -0.2) is 27.0 Å². The number of hydrogen-bond donors (Lipinski definition) is 1. The van der Waals surface area contributed by atoms with Crippen molar-refractivity contribution < 1.29 is 4.74 Å². The van der Waals surface area contributed by atoms with Crippen LogP contribution >= 0.6 is 0 Å². The lowest BCUT2D eigenvalue weighted by Crippen LogP contribution is -2.46. The zero-order valence-electron chi connectivity index (χ0n) is 12.0. The lowest BCUT2D eigenvalue weighted by Gasteiger charge is -2.47. The highest BCUT2D eigenvalue weighted by atomic mass is 16.5. The van der Waals surface area contributed by atoms with E-state index in [9.17, 15) is 0 Å². The van der Waals surface area contributed by atoms with Gasteiger partial charge in [-0.1, -0.05) is 0 Å². The number of benzene rings is 1. The minimum absolute atomic E-state index is 0.135.